The zero-order valence-electron chi connectivity index (χ0n) is 20.8. The lowest BCUT2D eigenvalue weighted by atomic mass is 9.86. The van der Waals surface area contributed by atoms with Gasteiger partial charge in [0.1, 0.15) is 6.54 Å². The third-order valence-corrected chi connectivity index (χ3v) is 6.41. The molecule has 0 fully saturated rings. The number of methoxy groups -OCH3 is 2. The highest BCUT2D eigenvalue weighted by Crippen LogP contribution is 2.33. The Labute approximate surface area is 201 Å². The summed E-state index contributed by atoms with van der Waals surface area (Å²) in [5.74, 6) is 1.65. The van der Waals surface area contributed by atoms with Gasteiger partial charge in [0.15, 0.2) is 23.8 Å². The van der Waals surface area contributed by atoms with Crippen LogP contribution < -0.4 is 21.9 Å². The van der Waals surface area contributed by atoms with Gasteiger partial charge in [0.05, 0.1) is 14.2 Å². The summed E-state index contributed by atoms with van der Waals surface area (Å²) >= 11 is 0. The van der Waals surface area contributed by atoms with Crippen molar-refractivity contribution in [2.24, 2.45) is 0 Å². The largest absolute Gasteiger partial charge is 1.00 e. The molecule has 0 atom stereocenters. The average molecular weight is 458 g/mol. The number of hydrogen-bond acceptors (Lipinski definition) is 2. The van der Waals surface area contributed by atoms with E-state index < -0.39 is 0 Å². The molecule has 0 bridgehead atoms. The van der Waals surface area contributed by atoms with Crippen LogP contribution >= 0.6 is 0 Å². The van der Waals surface area contributed by atoms with Crippen LogP contribution in [0, 0.1) is 0 Å². The third kappa shape index (κ3) is 6.28. The maximum atomic E-state index is 5.64. The van der Waals surface area contributed by atoms with E-state index in [0.29, 0.717) is 0 Å². The molecule has 176 valence electrons. The van der Waals surface area contributed by atoms with Gasteiger partial charge >= 0.3 is 0 Å². The van der Waals surface area contributed by atoms with Crippen molar-refractivity contribution in [2.45, 2.75) is 78.2 Å². The Morgan fingerprint density at radius 1 is 0.906 bits per heavy atom. The smallest absolute Gasteiger partial charge is 0.184 e. The molecule has 0 saturated carbocycles. The molecule has 2 aromatic rings. The molecule has 0 unspecified atom stereocenters. The molecule has 0 radical (unpaired) electrons. The predicted molar refractivity (Wildman–Crippen MR) is 130 cm³/mol. The number of rotatable bonds is 9. The maximum Gasteiger partial charge on any atom is 0.184 e. The molecule has 32 heavy (non-hydrogen) atoms. The predicted octanol–water partition coefficient (Wildman–Crippen LogP) is 3.53. The fraction of sp³-hybridized carbons (Fsp3) is 0.536. The zero-order chi connectivity index (χ0) is 22.4. The lowest BCUT2D eigenvalue weighted by Gasteiger charge is -2.22. The highest BCUT2D eigenvalue weighted by atomic mass is 35.5. The van der Waals surface area contributed by atoms with E-state index in [9.17, 15) is 0 Å². The zero-order valence-corrected chi connectivity index (χ0v) is 21.5. The van der Waals surface area contributed by atoms with Crippen molar-refractivity contribution in [1.82, 2.24) is 0 Å². The van der Waals surface area contributed by atoms with Gasteiger partial charge < -0.3 is 21.9 Å². The summed E-state index contributed by atoms with van der Waals surface area (Å²) in [6.45, 7) is 11.1. The van der Waals surface area contributed by atoms with Gasteiger partial charge in [0, 0.05) is 24.0 Å². The van der Waals surface area contributed by atoms with E-state index in [0.717, 1.165) is 37.4 Å². The number of halogens is 1. The van der Waals surface area contributed by atoms with Crippen molar-refractivity contribution in [3.8, 4) is 11.5 Å². The van der Waals surface area contributed by atoms with Crippen LogP contribution in [0.15, 0.2) is 36.4 Å². The van der Waals surface area contributed by atoms with Crippen molar-refractivity contribution >= 4 is 5.71 Å². The van der Waals surface area contributed by atoms with Crippen LogP contribution in [0.5, 0.6) is 11.5 Å². The van der Waals surface area contributed by atoms with E-state index in [1.807, 2.05) is 0 Å². The van der Waals surface area contributed by atoms with Crippen molar-refractivity contribution in [3.05, 3.63) is 58.7 Å². The van der Waals surface area contributed by atoms with Gasteiger partial charge in [0.2, 0.25) is 0 Å². The molecule has 0 N–H and O–H groups in total. The van der Waals surface area contributed by atoms with E-state index in [1.54, 1.807) is 14.2 Å². The normalized spacial score (nSPS) is 13.4. The number of unbranched alkanes of at least 4 members (excludes halogenated alkanes) is 3. The van der Waals surface area contributed by atoms with E-state index in [1.165, 1.54) is 53.6 Å². The molecule has 0 amide bonds. The van der Waals surface area contributed by atoms with Gasteiger partial charge in [-0.25, -0.2) is 4.58 Å². The molecule has 1 heterocycles. The Balaban J connectivity index is 0.00000363. The van der Waals surface area contributed by atoms with Crippen LogP contribution in [-0.2, 0) is 18.4 Å². The number of hydrogen-bond donors (Lipinski definition) is 0. The van der Waals surface area contributed by atoms with E-state index in [-0.39, 0.29) is 17.8 Å². The standard InChI is InChI=1S/C28H40NO2.ClH/c1-7-8-9-10-11-25-24-19-27(31-6)26(30-5)18-22(24)16-17-29(25)20-21-12-14-23(15-13-21)28(2,3)4;/h12-15,18-19H,7-11,16-17,20H2,1-6H3;1H/q+1;/p-1. The molecule has 4 heteroatoms. The summed E-state index contributed by atoms with van der Waals surface area (Å²) in [7, 11) is 3.44. The average Bonchev–Trinajstić information content (AvgIpc) is 2.76. The summed E-state index contributed by atoms with van der Waals surface area (Å²) < 4.78 is 13.8. The maximum absolute atomic E-state index is 5.64. The minimum Gasteiger partial charge on any atom is -1.00 e. The molecular weight excluding hydrogens is 418 g/mol. The number of benzene rings is 2. The molecule has 0 spiro atoms. The van der Waals surface area contributed by atoms with Crippen LogP contribution in [0.3, 0.4) is 0 Å². The molecule has 1 aliphatic rings. The van der Waals surface area contributed by atoms with Crippen LogP contribution in [0.4, 0.5) is 0 Å². The molecule has 3 rings (SSSR count). The van der Waals surface area contributed by atoms with E-state index in [2.05, 4.69) is 68.7 Å². The van der Waals surface area contributed by atoms with Gasteiger partial charge in [-0.2, -0.15) is 0 Å². The van der Waals surface area contributed by atoms with E-state index in [4.69, 9.17) is 9.47 Å². The summed E-state index contributed by atoms with van der Waals surface area (Å²) in [6.07, 6.45) is 7.24. The first kappa shape index (κ1) is 26.3. The highest BCUT2D eigenvalue weighted by molar-refractivity contribution is 5.99. The first-order valence-corrected chi connectivity index (χ1v) is 11.8. The summed E-state index contributed by atoms with van der Waals surface area (Å²) in [6, 6.07) is 13.6. The first-order chi connectivity index (χ1) is 14.9. The second-order valence-electron chi connectivity index (χ2n) is 9.74. The SMILES string of the molecule is CCCCCCC1=[N+](Cc2ccc(C(C)(C)C)cc2)CCc2cc(OC)c(OC)cc21.[Cl-]. The lowest BCUT2D eigenvalue weighted by molar-refractivity contribution is -0.545. The third-order valence-electron chi connectivity index (χ3n) is 6.41. The Kier molecular flexibility index (Phi) is 9.64. The van der Waals surface area contributed by atoms with Crippen LogP contribution in [0.25, 0.3) is 0 Å². The van der Waals surface area contributed by atoms with Gasteiger partial charge in [-0.1, -0.05) is 71.2 Å². The van der Waals surface area contributed by atoms with Crippen molar-refractivity contribution in [1.29, 1.82) is 0 Å². The Hall–Kier alpha value is -2.00. The molecule has 0 aliphatic carbocycles. The summed E-state index contributed by atoms with van der Waals surface area (Å²) in [4.78, 5) is 0. The molecular formula is C28H40ClNO2. The number of nitrogens with zero attached hydrogens (tertiary/aromatic N) is 1. The van der Waals surface area contributed by atoms with Gasteiger partial charge in [-0.05, 0) is 35.1 Å². The van der Waals surface area contributed by atoms with Crippen LogP contribution in [-0.4, -0.2) is 31.1 Å². The molecule has 1 aliphatic heterocycles. The van der Waals surface area contributed by atoms with E-state index >= 15 is 0 Å². The molecule has 0 saturated heterocycles. The molecule has 0 aromatic heterocycles. The Morgan fingerprint density at radius 3 is 2.16 bits per heavy atom. The van der Waals surface area contributed by atoms with Gasteiger partial charge in [-0.15, -0.1) is 0 Å². The number of fused-ring (bicyclic) bond motifs is 1. The summed E-state index contributed by atoms with van der Waals surface area (Å²) in [5, 5.41) is 0. The summed E-state index contributed by atoms with van der Waals surface area (Å²) in [5.41, 5.74) is 7.13. The fourth-order valence-corrected chi connectivity index (χ4v) is 4.47. The fourth-order valence-electron chi connectivity index (χ4n) is 4.47. The number of ether oxygens (including phenoxy) is 2. The van der Waals surface area contributed by atoms with Crippen LogP contribution in [0.2, 0.25) is 0 Å². The second-order valence-corrected chi connectivity index (χ2v) is 9.74. The van der Waals surface area contributed by atoms with Gasteiger partial charge in [0.25, 0.3) is 0 Å². The topological polar surface area (TPSA) is 21.5 Å². The van der Waals surface area contributed by atoms with Crippen molar-refractivity contribution in [3.63, 3.8) is 0 Å². The first-order valence-electron chi connectivity index (χ1n) is 11.8. The Morgan fingerprint density at radius 2 is 1.56 bits per heavy atom. The molecule has 3 nitrogen and oxygen atoms in total. The quantitative estimate of drug-likeness (QED) is 0.424. The monoisotopic (exact) mass is 457 g/mol. The van der Waals surface area contributed by atoms with Crippen molar-refractivity contribution in [2.75, 3.05) is 20.8 Å². The Bertz CT molecular complexity index is 910. The highest BCUT2D eigenvalue weighted by Gasteiger charge is 2.27. The van der Waals surface area contributed by atoms with Crippen LogP contribution in [0.1, 0.15) is 82.1 Å². The minimum atomic E-state index is 0. The van der Waals surface area contributed by atoms with Gasteiger partial charge in [-0.3, -0.25) is 0 Å². The second kappa shape index (κ2) is 11.7. The van der Waals surface area contributed by atoms with Crippen molar-refractivity contribution < 1.29 is 26.5 Å². The minimum absolute atomic E-state index is 0. The molecule has 2 aromatic carbocycles. The lowest BCUT2D eigenvalue weighted by Crippen LogP contribution is -3.00.